The summed E-state index contributed by atoms with van der Waals surface area (Å²) < 4.78 is 10.0. The minimum absolute atomic E-state index is 0.374. The Balaban J connectivity index is 3.01. The summed E-state index contributed by atoms with van der Waals surface area (Å²) in [7, 11) is 3.05. The Labute approximate surface area is 95.2 Å². The molecule has 0 radical (unpaired) electrons. The van der Waals surface area contributed by atoms with Gasteiger partial charge in [-0.1, -0.05) is 5.92 Å². The zero-order valence-corrected chi connectivity index (χ0v) is 9.87. The number of hydrogen-bond donors (Lipinski definition) is 1. The van der Waals surface area contributed by atoms with Crippen molar-refractivity contribution in [3.8, 4) is 24.1 Å². The maximum Gasteiger partial charge on any atom is 0.230 e. The van der Waals surface area contributed by atoms with Crippen LogP contribution in [0, 0.1) is 12.3 Å². The number of methoxy groups -OCH3 is 2. The highest BCUT2D eigenvalue weighted by Gasteiger charge is 2.16. The predicted octanol–water partition coefficient (Wildman–Crippen LogP) is 1.32. The van der Waals surface area contributed by atoms with E-state index in [4.69, 9.17) is 15.9 Å². The summed E-state index contributed by atoms with van der Waals surface area (Å²) in [5.41, 5.74) is -0.530. The molecule has 0 amide bonds. The fraction of sp³-hybridized carbons (Fsp3) is 0.455. The van der Waals surface area contributed by atoms with Crippen molar-refractivity contribution in [1.82, 2.24) is 9.97 Å². The first-order valence-electron chi connectivity index (χ1n) is 4.74. The van der Waals surface area contributed by atoms with Crippen molar-refractivity contribution < 1.29 is 9.47 Å². The summed E-state index contributed by atoms with van der Waals surface area (Å²) in [5, 5.41) is 3.00. The highest BCUT2D eigenvalue weighted by atomic mass is 16.5. The monoisotopic (exact) mass is 221 g/mol. The third-order valence-electron chi connectivity index (χ3n) is 1.88. The van der Waals surface area contributed by atoms with Gasteiger partial charge in [0, 0.05) is 0 Å². The minimum atomic E-state index is -0.530. The molecule has 5 nitrogen and oxygen atoms in total. The van der Waals surface area contributed by atoms with E-state index in [1.54, 1.807) is 6.07 Å². The fourth-order valence-electron chi connectivity index (χ4n) is 0.985. The molecular weight excluding hydrogens is 206 g/mol. The van der Waals surface area contributed by atoms with Gasteiger partial charge in [0.1, 0.15) is 0 Å². The van der Waals surface area contributed by atoms with Crippen molar-refractivity contribution in [2.24, 2.45) is 0 Å². The van der Waals surface area contributed by atoms with Gasteiger partial charge in [0.25, 0.3) is 0 Å². The highest BCUT2D eigenvalue weighted by Crippen LogP contribution is 2.19. The number of nitrogens with zero attached hydrogens (tertiary/aromatic N) is 2. The van der Waals surface area contributed by atoms with Gasteiger partial charge >= 0.3 is 0 Å². The molecule has 0 fully saturated rings. The van der Waals surface area contributed by atoms with Crippen molar-refractivity contribution in [1.29, 1.82) is 0 Å². The summed E-state index contributed by atoms with van der Waals surface area (Å²) in [6.07, 6.45) is 5.36. The van der Waals surface area contributed by atoms with Gasteiger partial charge in [0.2, 0.25) is 17.7 Å². The molecule has 1 aromatic heterocycles. The Bertz CT molecular complexity index is 388. The Morgan fingerprint density at radius 3 is 2.12 bits per heavy atom. The van der Waals surface area contributed by atoms with Crippen LogP contribution in [0.3, 0.4) is 0 Å². The molecule has 0 unspecified atom stereocenters. The van der Waals surface area contributed by atoms with Crippen molar-refractivity contribution in [2.75, 3.05) is 19.5 Å². The van der Waals surface area contributed by atoms with Crippen LogP contribution in [0.1, 0.15) is 13.8 Å². The third-order valence-corrected chi connectivity index (χ3v) is 1.88. The van der Waals surface area contributed by atoms with Gasteiger partial charge in [-0.2, -0.15) is 9.97 Å². The van der Waals surface area contributed by atoms with Crippen molar-refractivity contribution in [3.63, 3.8) is 0 Å². The van der Waals surface area contributed by atoms with Gasteiger partial charge in [-0.05, 0) is 13.8 Å². The number of nitrogens with one attached hydrogen (secondary N) is 1. The average Bonchev–Trinajstić information content (AvgIpc) is 2.28. The van der Waals surface area contributed by atoms with Gasteiger partial charge in [0.05, 0.1) is 25.8 Å². The molecule has 0 aliphatic carbocycles. The van der Waals surface area contributed by atoms with E-state index in [2.05, 4.69) is 21.2 Å². The van der Waals surface area contributed by atoms with Crippen LogP contribution < -0.4 is 14.8 Å². The third kappa shape index (κ3) is 3.02. The number of anilines is 1. The molecule has 0 saturated heterocycles. The van der Waals surface area contributed by atoms with Crippen molar-refractivity contribution in [2.45, 2.75) is 19.4 Å². The first-order chi connectivity index (χ1) is 7.50. The van der Waals surface area contributed by atoms with Crippen LogP contribution in [0.25, 0.3) is 0 Å². The van der Waals surface area contributed by atoms with Gasteiger partial charge in [-0.15, -0.1) is 6.42 Å². The van der Waals surface area contributed by atoms with Gasteiger partial charge < -0.3 is 14.8 Å². The van der Waals surface area contributed by atoms with Gasteiger partial charge in [0.15, 0.2) is 0 Å². The maximum atomic E-state index is 5.36. The number of aromatic nitrogens is 2. The molecule has 16 heavy (non-hydrogen) atoms. The van der Waals surface area contributed by atoms with Crippen LogP contribution in [0.5, 0.6) is 11.8 Å². The van der Waals surface area contributed by atoms with E-state index in [0.717, 1.165) is 0 Å². The van der Waals surface area contributed by atoms with Crippen molar-refractivity contribution in [3.05, 3.63) is 6.07 Å². The van der Waals surface area contributed by atoms with Crippen LogP contribution in [-0.2, 0) is 0 Å². The van der Waals surface area contributed by atoms with E-state index in [1.165, 1.54) is 14.2 Å². The molecule has 0 aliphatic rings. The van der Waals surface area contributed by atoms with E-state index >= 15 is 0 Å². The normalized spacial score (nSPS) is 10.4. The van der Waals surface area contributed by atoms with E-state index in [-0.39, 0.29) is 0 Å². The Morgan fingerprint density at radius 2 is 1.75 bits per heavy atom. The molecule has 0 atom stereocenters. The molecule has 1 rings (SSSR count). The van der Waals surface area contributed by atoms with E-state index in [0.29, 0.717) is 17.7 Å². The number of hydrogen-bond acceptors (Lipinski definition) is 5. The van der Waals surface area contributed by atoms with E-state index in [1.807, 2.05) is 13.8 Å². The van der Waals surface area contributed by atoms with Crippen LogP contribution >= 0.6 is 0 Å². The lowest BCUT2D eigenvalue weighted by Gasteiger charge is -2.19. The number of terminal acetylenes is 1. The van der Waals surface area contributed by atoms with Crippen LogP contribution in [0.2, 0.25) is 0 Å². The summed E-state index contributed by atoms with van der Waals surface area (Å²) in [6.45, 7) is 3.70. The molecule has 1 N–H and O–H groups in total. The van der Waals surface area contributed by atoms with Crippen LogP contribution in [0.15, 0.2) is 6.07 Å². The van der Waals surface area contributed by atoms with Gasteiger partial charge in [-0.3, -0.25) is 0 Å². The first-order valence-corrected chi connectivity index (χ1v) is 4.74. The Morgan fingerprint density at radius 1 is 1.25 bits per heavy atom. The lowest BCUT2D eigenvalue weighted by molar-refractivity contribution is 0.372. The molecule has 0 saturated carbocycles. The average molecular weight is 221 g/mol. The zero-order chi connectivity index (χ0) is 12.2. The van der Waals surface area contributed by atoms with E-state index < -0.39 is 5.54 Å². The molecule has 0 bridgehead atoms. The Kier molecular flexibility index (Phi) is 3.56. The predicted molar refractivity (Wildman–Crippen MR) is 61.7 cm³/mol. The lowest BCUT2D eigenvalue weighted by atomic mass is 10.1. The molecule has 0 spiro atoms. The minimum Gasteiger partial charge on any atom is -0.481 e. The van der Waals surface area contributed by atoms with Crippen LogP contribution in [-0.4, -0.2) is 29.7 Å². The summed E-state index contributed by atoms with van der Waals surface area (Å²) in [4.78, 5) is 8.23. The second-order valence-electron chi connectivity index (χ2n) is 3.67. The van der Waals surface area contributed by atoms with Crippen LogP contribution in [0.4, 0.5) is 5.95 Å². The second kappa shape index (κ2) is 4.71. The molecule has 0 aliphatic heterocycles. The molecule has 5 heteroatoms. The number of ether oxygens (including phenoxy) is 2. The van der Waals surface area contributed by atoms with E-state index in [9.17, 15) is 0 Å². The summed E-state index contributed by atoms with van der Waals surface area (Å²) in [6, 6.07) is 1.59. The smallest absolute Gasteiger partial charge is 0.230 e. The summed E-state index contributed by atoms with van der Waals surface area (Å²) in [5.74, 6) is 3.80. The standard InChI is InChI=1S/C11H15N3O2/c1-6-11(2,3)14-10-12-8(15-4)7-9(13-10)16-5/h1,7H,2-5H3,(H,12,13,14). The lowest BCUT2D eigenvalue weighted by Crippen LogP contribution is -2.29. The topological polar surface area (TPSA) is 56.3 Å². The molecular formula is C11H15N3O2. The second-order valence-corrected chi connectivity index (χ2v) is 3.67. The Hall–Kier alpha value is -1.96. The summed E-state index contributed by atoms with van der Waals surface area (Å²) >= 11 is 0. The molecule has 86 valence electrons. The SMILES string of the molecule is C#CC(C)(C)Nc1nc(OC)cc(OC)n1. The number of rotatable bonds is 4. The first kappa shape index (κ1) is 12.1. The highest BCUT2D eigenvalue weighted by molar-refractivity contribution is 5.38. The fourth-order valence-corrected chi connectivity index (χ4v) is 0.985. The quantitative estimate of drug-likeness (QED) is 0.777. The largest absolute Gasteiger partial charge is 0.481 e. The maximum absolute atomic E-state index is 5.36. The molecule has 1 heterocycles. The zero-order valence-electron chi connectivity index (χ0n) is 9.87. The molecule has 0 aromatic carbocycles. The van der Waals surface area contributed by atoms with Gasteiger partial charge in [-0.25, -0.2) is 0 Å². The van der Waals surface area contributed by atoms with Crippen molar-refractivity contribution >= 4 is 5.95 Å². The molecule has 1 aromatic rings.